The first-order valence-electron chi connectivity index (χ1n) is 20.5. The van der Waals surface area contributed by atoms with Gasteiger partial charge in [0.1, 0.15) is 17.2 Å². The number of likely N-dealkylation sites (tertiary alicyclic amines) is 1. The highest BCUT2D eigenvalue weighted by Crippen LogP contribution is 2.43. The van der Waals surface area contributed by atoms with Crippen LogP contribution in [0.3, 0.4) is 0 Å². The van der Waals surface area contributed by atoms with Crippen molar-refractivity contribution in [1.29, 1.82) is 0 Å². The molecule has 2 heterocycles. The third-order valence-corrected chi connectivity index (χ3v) is 13.9. The average Bonchev–Trinajstić information content (AvgIpc) is 3.23. The number of nitrogens with zero attached hydrogens (tertiary/aromatic N) is 4. The van der Waals surface area contributed by atoms with Gasteiger partial charge in [0.15, 0.2) is 0 Å². The van der Waals surface area contributed by atoms with Gasteiger partial charge in [-0.2, -0.15) is 0 Å². The minimum Gasteiger partial charge on any atom is -0.455 e. The summed E-state index contributed by atoms with van der Waals surface area (Å²) >= 11 is 12.7. The Kier molecular flexibility index (Phi) is 13.3. The zero-order valence-corrected chi connectivity index (χ0v) is 37.0. The second-order valence-corrected chi connectivity index (χ2v) is 19.7. The summed E-state index contributed by atoms with van der Waals surface area (Å²) in [6.07, 6.45) is 4.13. The van der Waals surface area contributed by atoms with Gasteiger partial charge in [-0.05, 0) is 104 Å². The van der Waals surface area contributed by atoms with Crippen molar-refractivity contribution >= 4 is 61.8 Å². The van der Waals surface area contributed by atoms with E-state index in [-0.39, 0.29) is 34.7 Å². The minimum absolute atomic E-state index is 0.0484. The van der Waals surface area contributed by atoms with Crippen molar-refractivity contribution in [3.8, 4) is 11.5 Å². The molecule has 324 valence electrons. The molecule has 7 rings (SSSR count). The minimum atomic E-state index is -4.61. The number of para-hydroxylation sites is 1. The molecule has 16 heteroatoms. The van der Waals surface area contributed by atoms with Crippen LogP contribution < -0.4 is 19.7 Å². The second-order valence-electron chi connectivity index (χ2n) is 17.2. The maximum absolute atomic E-state index is 13.8. The molecule has 1 amide bonds. The molecule has 2 aliphatic heterocycles. The number of nitrogens with one attached hydrogen (secondary N) is 2. The number of hydrogen-bond acceptors (Lipinski definition) is 11. The molecule has 1 aliphatic carbocycles. The van der Waals surface area contributed by atoms with Crippen LogP contribution in [-0.2, 0) is 10.0 Å². The summed E-state index contributed by atoms with van der Waals surface area (Å²) in [5.74, 6) is -0.638. The molecule has 4 aromatic carbocycles. The monoisotopic (exact) mass is 890 g/mol. The molecule has 13 nitrogen and oxygen atoms in total. The smallest absolute Gasteiger partial charge is 0.293 e. The van der Waals surface area contributed by atoms with Crippen molar-refractivity contribution in [3.05, 3.63) is 122 Å². The van der Waals surface area contributed by atoms with Gasteiger partial charge >= 0.3 is 0 Å². The molecule has 3 N–H and O–H groups in total. The lowest BCUT2D eigenvalue weighted by Crippen LogP contribution is -2.47. The molecular weight excluding hydrogens is 840 g/mol. The Morgan fingerprint density at radius 2 is 1.61 bits per heavy atom. The van der Waals surface area contributed by atoms with Crippen LogP contribution in [0.25, 0.3) is 5.57 Å². The summed E-state index contributed by atoms with van der Waals surface area (Å²) in [4.78, 5) is 31.5. The number of piperazine rings is 1. The van der Waals surface area contributed by atoms with E-state index in [0.717, 1.165) is 55.7 Å². The van der Waals surface area contributed by atoms with Crippen molar-refractivity contribution in [2.75, 3.05) is 69.6 Å². The number of sulfonamides is 1. The fourth-order valence-corrected chi connectivity index (χ4v) is 9.50. The Morgan fingerprint density at radius 1 is 0.902 bits per heavy atom. The number of amides is 1. The van der Waals surface area contributed by atoms with Gasteiger partial charge in [0.05, 0.1) is 26.0 Å². The van der Waals surface area contributed by atoms with Crippen molar-refractivity contribution in [1.82, 2.24) is 14.5 Å². The van der Waals surface area contributed by atoms with E-state index in [4.69, 9.17) is 27.9 Å². The molecule has 3 aliphatic rings. The van der Waals surface area contributed by atoms with Crippen molar-refractivity contribution in [2.24, 2.45) is 5.41 Å². The highest BCUT2D eigenvalue weighted by atomic mass is 35.5. The molecule has 61 heavy (non-hydrogen) atoms. The first-order chi connectivity index (χ1) is 29.0. The fourth-order valence-electron chi connectivity index (χ4n) is 8.21. The van der Waals surface area contributed by atoms with Crippen LogP contribution in [0.2, 0.25) is 10.0 Å². The summed E-state index contributed by atoms with van der Waals surface area (Å²) in [6, 6.07) is 23.2. The number of piperidine rings is 1. The molecular formula is C45H52Cl2N6O7S. The van der Waals surface area contributed by atoms with E-state index in [1.807, 2.05) is 19.2 Å². The average molecular weight is 892 g/mol. The molecule has 0 bridgehead atoms. The zero-order valence-electron chi connectivity index (χ0n) is 34.6. The lowest BCUT2D eigenvalue weighted by molar-refractivity contribution is -0.384. The van der Waals surface area contributed by atoms with Crippen LogP contribution in [0.5, 0.6) is 11.5 Å². The Bertz CT molecular complexity index is 2410. The van der Waals surface area contributed by atoms with Crippen LogP contribution >= 0.6 is 23.2 Å². The lowest BCUT2D eigenvalue weighted by Gasteiger charge is -2.39. The summed E-state index contributed by atoms with van der Waals surface area (Å²) in [5.41, 5.74) is 3.47. The van der Waals surface area contributed by atoms with Gasteiger partial charge in [-0.15, -0.1) is 0 Å². The molecule has 0 radical (unpaired) electrons. The van der Waals surface area contributed by atoms with E-state index in [1.54, 1.807) is 36.4 Å². The zero-order chi connectivity index (χ0) is 43.5. The van der Waals surface area contributed by atoms with Crippen LogP contribution in [0.4, 0.5) is 17.1 Å². The summed E-state index contributed by atoms with van der Waals surface area (Å²) in [5, 5.41) is 27.0. The number of benzene rings is 4. The first kappa shape index (κ1) is 44.4. The Morgan fingerprint density at radius 3 is 2.30 bits per heavy atom. The number of hydrogen-bond donors (Lipinski definition) is 3. The summed E-state index contributed by atoms with van der Waals surface area (Å²) in [6.45, 7) is 9.95. The van der Waals surface area contributed by atoms with E-state index in [9.17, 15) is 28.4 Å². The lowest BCUT2D eigenvalue weighted by atomic mass is 9.72. The Balaban J connectivity index is 1.07. The molecule has 0 atom stereocenters. The van der Waals surface area contributed by atoms with E-state index in [1.165, 1.54) is 34.9 Å². The highest BCUT2D eigenvalue weighted by Gasteiger charge is 2.33. The maximum atomic E-state index is 13.8. The largest absolute Gasteiger partial charge is 0.455 e. The van der Waals surface area contributed by atoms with Gasteiger partial charge in [-0.1, -0.05) is 66.9 Å². The van der Waals surface area contributed by atoms with Gasteiger partial charge in [-0.25, -0.2) is 13.1 Å². The van der Waals surface area contributed by atoms with Crippen LogP contribution in [0, 0.1) is 15.5 Å². The van der Waals surface area contributed by atoms with E-state index < -0.39 is 37.0 Å². The van der Waals surface area contributed by atoms with E-state index in [0.29, 0.717) is 44.0 Å². The normalized spacial score (nSPS) is 18.4. The summed E-state index contributed by atoms with van der Waals surface area (Å²) < 4.78 is 35.6. The third-order valence-electron chi connectivity index (χ3n) is 12.0. The number of allylic oxidation sites excluding steroid dienone is 1. The number of rotatable bonds is 13. The number of nitro groups is 1. The number of nitro benzene ring substituents is 1. The quantitative estimate of drug-likeness (QED) is 0.0874. The second kappa shape index (κ2) is 18.3. The van der Waals surface area contributed by atoms with Crippen molar-refractivity contribution in [2.45, 2.75) is 56.4 Å². The van der Waals surface area contributed by atoms with Gasteiger partial charge in [0.25, 0.3) is 21.6 Å². The molecule has 0 aromatic heterocycles. The highest BCUT2D eigenvalue weighted by molar-refractivity contribution is 7.90. The molecule has 2 saturated heterocycles. The Hall–Kier alpha value is -4.70. The van der Waals surface area contributed by atoms with Crippen LogP contribution in [0.1, 0.15) is 61.9 Å². The number of aliphatic hydroxyl groups is 1. The van der Waals surface area contributed by atoms with Gasteiger partial charge in [-0.3, -0.25) is 19.8 Å². The molecule has 4 aromatic rings. The topological polar surface area (TPSA) is 158 Å². The number of carbonyl (C=O) groups excluding carboxylic acids is 1. The van der Waals surface area contributed by atoms with Gasteiger partial charge < -0.3 is 25.0 Å². The van der Waals surface area contributed by atoms with Crippen LogP contribution in [-0.4, -0.2) is 99.2 Å². The van der Waals surface area contributed by atoms with Gasteiger partial charge in [0, 0.05) is 75.2 Å². The number of halogens is 2. The first-order valence-corrected chi connectivity index (χ1v) is 22.7. The number of ether oxygens (including phenoxy) is 1. The standard InChI is InChI=1S/C45H52Cl2N6O7S/c1-44(2)17-16-32(37(28-44)31-8-10-33(46)11-9-31)29-51-22-24-52(25-23-51)34-12-14-36(42(26-34)60-41-7-5-4-6-38(41)47)43(54)49-61(58,59)35-13-15-39(40(27-35)53(56)57)48-30-45(55)18-20-50(3)21-19-45/h4-15,26-27,48,55H,16-25,28-30H2,1-3H3,(H,49,54). The fraction of sp³-hybridized carbons (Fsp3) is 0.400. The molecule has 0 unspecified atom stereocenters. The maximum Gasteiger partial charge on any atom is 0.293 e. The Labute approximate surface area is 367 Å². The van der Waals surface area contributed by atoms with E-state index >= 15 is 0 Å². The predicted molar refractivity (Wildman–Crippen MR) is 241 cm³/mol. The molecule has 0 saturated carbocycles. The SMILES string of the molecule is CN1CCC(O)(CNc2ccc(S(=O)(=O)NC(=O)c3ccc(N4CCN(CC5=C(c6ccc(Cl)cc6)CC(C)(C)CC5)CC4)cc3Oc3ccccc3Cl)cc2[N+](=O)[O-])CC1. The predicted octanol–water partition coefficient (Wildman–Crippen LogP) is 8.47. The van der Waals surface area contributed by atoms with Crippen LogP contribution in [0.15, 0.2) is 95.4 Å². The molecule has 2 fully saturated rings. The van der Waals surface area contributed by atoms with Crippen molar-refractivity contribution in [3.63, 3.8) is 0 Å². The van der Waals surface area contributed by atoms with Crippen molar-refractivity contribution < 1.29 is 28.0 Å². The summed E-state index contributed by atoms with van der Waals surface area (Å²) in [7, 11) is -2.65. The van der Waals surface area contributed by atoms with E-state index in [2.05, 4.69) is 50.7 Å². The third kappa shape index (κ3) is 10.9. The van der Waals surface area contributed by atoms with Gasteiger partial charge in [0.2, 0.25) is 0 Å². The number of anilines is 2. The number of carbonyl (C=O) groups is 1. The molecule has 0 spiro atoms.